The monoisotopic (exact) mass is 254 g/mol. The minimum atomic E-state index is -0.702. The largest absolute Gasteiger partial charge is 0.375 e. The van der Waals surface area contributed by atoms with Crippen molar-refractivity contribution in [3.63, 3.8) is 0 Å². The lowest BCUT2D eigenvalue weighted by atomic mass is 9.99. The lowest BCUT2D eigenvalue weighted by Crippen LogP contribution is -2.63. The third-order valence-electron chi connectivity index (χ3n) is 2.85. The van der Waals surface area contributed by atoms with E-state index in [4.69, 9.17) is 5.73 Å². The molecule has 0 aliphatic carbocycles. The van der Waals surface area contributed by atoms with Crippen LogP contribution in [0.3, 0.4) is 0 Å². The zero-order valence-corrected chi connectivity index (χ0v) is 10.5. The number of amides is 2. The summed E-state index contributed by atoms with van der Waals surface area (Å²) in [4.78, 5) is 29.8. The molecule has 0 saturated carbocycles. The summed E-state index contributed by atoms with van der Waals surface area (Å²) in [6.07, 6.45) is 1.67. The number of hydrogen-bond acceptors (Lipinski definition) is 6. The number of aromatic nitrogens is 1. The van der Waals surface area contributed by atoms with E-state index in [1.54, 1.807) is 20.0 Å². The van der Waals surface area contributed by atoms with Crippen LogP contribution < -0.4 is 11.1 Å². The number of nitrogens with one attached hydrogen (secondary N) is 1. The lowest BCUT2D eigenvalue weighted by Gasteiger charge is -2.39. The molecule has 0 spiro atoms. The van der Waals surface area contributed by atoms with E-state index < -0.39 is 5.54 Å². The maximum atomic E-state index is 11.7. The van der Waals surface area contributed by atoms with Crippen molar-refractivity contribution < 1.29 is 9.59 Å². The molecule has 1 aliphatic rings. The second kappa shape index (κ2) is 4.08. The molecule has 6 nitrogen and oxygen atoms in total. The molecule has 0 aromatic carbocycles. The van der Waals surface area contributed by atoms with Gasteiger partial charge in [-0.25, -0.2) is 4.98 Å². The SMILES string of the molecule is CC1(C)C(=O)NC(=O)CN1Cc1cnc(N)s1. The molecule has 92 valence electrons. The van der Waals surface area contributed by atoms with Crippen molar-refractivity contribution in [2.75, 3.05) is 12.3 Å². The van der Waals surface area contributed by atoms with Crippen LogP contribution in [0.25, 0.3) is 0 Å². The number of nitrogens with zero attached hydrogens (tertiary/aromatic N) is 2. The molecule has 2 heterocycles. The Bertz CT molecular complexity index is 469. The Morgan fingerprint density at radius 3 is 2.88 bits per heavy atom. The standard InChI is InChI=1S/C10H14N4O2S/c1-10(2)8(16)13-7(15)5-14(10)4-6-3-12-9(11)17-6/h3H,4-5H2,1-2H3,(H2,11,12)(H,13,15,16). The fourth-order valence-corrected chi connectivity index (χ4v) is 2.37. The van der Waals surface area contributed by atoms with Gasteiger partial charge < -0.3 is 5.73 Å². The van der Waals surface area contributed by atoms with Gasteiger partial charge in [0.1, 0.15) is 0 Å². The van der Waals surface area contributed by atoms with Crippen molar-refractivity contribution in [2.45, 2.75) is 25.9 Å². The minimum absolute atomic E-state index is 0.205. The van der Waals surface area contributed by atoms with Crippen LogP contribution in [0.5, 0.6) is 0 Å². The average molecular weight is 254 g/mol. The molecule has 2 amide bonds. The highest BCUT2D eigenvalue weighted by atomic mass is 32.1. The van der Waals surface area contributed by atoms with Gasteiger partial charge >= 0.3 is 0 Å². The number of nitrogen functional groups attached to an aromatic ring is 1. The molecule has 3 N–H and O–H groups in total. The second-order valence-corrected chi connectivity index (χ2v) is 5.60. The van der Waals surface area contributed by atoms with Gasteiger partial charge in [0.25, 0.3) is 0 Å². The van der Waals surface area contributed by atoms with Crippen LogP contribution in [0, 0.1) is 0 Å². The van der Waals surface area contributed by atoms with Crippen molar-refractivity contribution in [3.05, 3.63) is 11.1 Å². The first-order chi connectivity index (χ1) is 7.89. The molecular formula is C10H14N4O2S. The molecule has 1 aliphatic heterocycles. The van der Waals surface area contributed by atoms with Crippen molar-refractivity contribution in [1.29, 1.82) is 0 Å². The zero-order valence-electron chi connectivity index (χ0n) is 9.69. The Kier molecular flexibility index (Phi) is 2.88. The van der Waals surface area contributed by atoms with E-state index in [9.17, 15) is 9.59 Å². The number of nitrogens with two attached hydrogens (primary N) is 1. The number of piperazine rings is 1. The molecule has 1 aromatic rings. The fraction of sp³-hybridized carbons (Fsp3) is 0.500. The molecule has 17 heavy (non-hydrogen) atoms. The van der Waals surface area contributed by atoms with E-state index >= 15 is 0 Å². The maximum Gasteiger partial charge on any atom is 0.246 e. The van der Waals surface area contributed by atoms with E-state index in [-0.39, 0.29) is 18.4 Å². The van der Waals surface area contributed by atoms with E-state index in [2.05, 4.69) is 10.3 Å². The highest BCUT2D eigenvalue weighted by molar-refractivity contribution is 7.15. The molecule has 2 rings (SSSR count). The normalized spacial score (nSPS) is 20.4. The number of thiazole rings is 1. The smallest absolute Gasteiger partial charge is 0.246 e. The Labute approximate surface area is 103 Å². The summed E-state index contributed by atoms with van der Waals surface area (Å²) >= 11 is 1.37. The maximum absolute atomic E-state index is 11.7. The van der Waals surface area contributed by atoms with Gasteiger partial charge in [0.05, 0.1) is 12.1 Å². The molecule has 0 radical (unpaired) electrons. The van der Waals surface area contributed by atoms with Gasteiger partial charge in [-0.05, 0) is 13.8 Å². The zero-order chi connectivity index (χ0) is 12.6. The predicted molar refractivity (Wildman–Crippen MR) is 64.2 cm³/mol. The molecule has 0 unspecified atom stereocenters. The van der Waals surface area contributed by atoms with Gasteiger partial charge in [0.15, 0.2) is 5.13 Å². The topological polar surface area (TPSA) is 88.3 Å². The quantitative estimate of drug-likeness (QED) is 0.723. The third kappa shape index (κ3) is 2.29. The predicted octanol–water partition coefficient (Wildman–Crippen LogP) is -0.0377. The van der Waals surface area contributed by atoms with Crippen LogP contribution in [0.15, 0.2) is 6.20 Å². The van der Waals surface area contributed by atoms with E-state index in [1.165, 1.54) is 11.3 Å². The summed E-state index contributed by atoms with van der Waals surface area (Å²) in [6.45, 7) is 4.29. The van der Waals surface area contributed by atoms with Crippen molar-refractivity contribution in [1.82, 2.24) is 15.2 Å². The van der Waals surface area contributed by atoms with Crippen LogP contribution in [0.4, 0.5) is 5.13 Å². The van der Waals surface area contributed by atoms with Crippen LogP contribution >= 0.6 is 11.3 Å². The third-order valence-corrected chi connectivity index (χ3v) is 3.66. The Morgan fingerprint density at radius 2 is 2.29 bits per heavy atom. The van der Waals surface area contributed by atoms with Gasteiger partial charge in [-0.15, -0.1) is 11.3 Å². The van der Waals surface area contributed by atoms with Crippen LogP contribution in [0.1, 0.15) is 18.7 Å². The summed E-state index contributed by atoms with van der Waals surface area (Å²) in [5, 5.41) is 2.83. The van der Waals surface area contributed by atoms with Crippen LogP contribution in [-0.2, 0) is 16.1 Å². The van der Waals surface area contributed by atoms with Gasteiger partial charge in [-0.3, -0.25) is 19.8 Å². The molecule has 1 aromatic heterocycles. The number of imide groups is 1. The summed E-state index contributed by atoms with van der Waals surface area (Å²) in [5.41, 5.74) is 4.85. The summed E-state index contributed by atoms with van der Waals surface area (Å²) in [7, 11) is 0. The Morgan fingerprint density at radius 1 is 1.59 bits per heavy atom. The molecule has 1 fully saturated rings. The number of carbonyl (C=O) groups is 2. The van der Waals surface area contributed by atoms with Crippen molar-refractivity contribution in [3.8, 4) is 0 Å². The van der Waals surface area contributed by atoms with Crippen LogP contribution in [-0.4, -0.2) is 33.8 Å². The Balaban J connectivity index is 2.18. The highest BCUT2D eigenvalue weighted by Gasteiger charge is 2.40. The van der Waals surface area contributed by atoms with Crippen molar-refractivity contribution >= 4 is 28.3 Å². The molecule has 0 bridgehead atoms. The summed E-state index contributed by atoms with van der Waals surface area (Å²) in [5.74, 6) is -0.543. The number of hydrogen-bond donors (Lipinski definition) is 2. The number of rotatable bonds is 2. The molecule has 0 atom stereocenters. The number of carbonyl (C=O) groups excluding carboxylic acids is 2. The second-order valence-electron chi connectivity index (χ2n) is 4.46. The highest BCUT2D eigenvalue weighted by Crippen LogP contribution is 2.24. The van der Waals surface area contributed by atoms with Gasteiger partial charge in [0.2, 0.25) is 11.8 Å². The van der Waals surface area contributed by atoms with Crippen LogP contribution in [0.2, 0.25) is 0 Å². The van der Waals surface area contributed by atoms with Gasteiger partial charge in [-0.1, -0.05) is 0 Å². The van der Waals surface area contributed by atoms with E-state index in [0.717, 1.165) is 4.88 Å². The molecular weight excluding hydrogens is 240 g/mol. The first-order valence-electron chi connectivity index (χ1n) is 5.19. The van der Waals surface area contributed by atoms with Crippen molar-refractivity contribution in [2.24, 2.45) is 0 Å². The summed E-state index contributed by atoms with van der Waals surface area (Å²) < 4.78 is 0. The molecule has 1 saturated heterocycles. The number of anilines is 1. The lowest BCUT2D eigenvalue weighted by molar-refractivity contribution is -0.145. The Hall–Kier alpha value is -1.47. The summed E-state index contributed by atoms with van der Waals surface area (Å²) in [6, 6.07) is 0. The first-order valence-corrected chi connectivity index (χ1v) is 6.01. The van der Waals surface area contributed by atoms with E-state index in [1.807, 2.05) is 4.90 Å². The fourth-order valence-electron chi connectivity index (χ4n) is 1.67. The van der Waals surface area contributed by atoms with Gasteiger partial charge in [-0.2, -0.15) is 0 Å². The van der Waals surface area contributed by atoms with Gasteiger partial charge in [0, 0.05) is 17.6 Å². The van der Waals surface area contributed by atoms with E-state index in [0.29, 0.717) is 11.7 Å². The minimum Gasteiger partial charge on any atom is -0.375 e. The first kappa shape index (κ1) is 12.0. The molecule has 7 heteroatoms. The average Bonchev–Trinajstić information content (AvgIpc) is 2.61.